The van der Waals surface area contributed by atoms with Crippen molar-refractivity contribution in [2.75, 3.05) is 6.54 Å². The lowest BCUT2D eigenvalue weighted by Gasteiger charge is -2.06. The molecule has 1 saturated carbocycles. The van der Waals surface area contributed by atoms with E-state index < -0.39 is 10.0 Å². The summed E-state index contributed by atoms with van der Waals surface area (Å²) in [5.41, 5.74) is 6.59. The quantitative estimate of drug-likeness (QED) is 0.721. The van der Waals surface area contributed by atoms with Gasteiger partial charge in [0.1, 0.15) is 0 Å². The fourth-order valence-corrected chi connectivity index (χ4v) is 3.42. The lowest BCUT2D eigenvalue weighted by atomic mass is 10.1. The van der Waals surface area contributed by atoms with Gasteiger partial charge >= 0.3 is 0 Å². The molecule has 1 aromatic rings. The van der Waals surface area contributed by atoms with E-state index in [9.17, 15) is 8.42 Å². The Balaban J connectivity index is 2.01. The Morgan fingerprint density at radius 3 is 2.70 bits per heavy atom. The molecule has 1 aromatic heterocycles. The molecule has 0 spiro atoms. The smallest absolute Gasteiger partial charge is 0.242 e. The third-order valence-electron chi connectivity index (χ3n) is 3.62. The first-order chi connectivity index (χ1) is 9.44. The van der Waals surface area contributed by atoms with Gasteiger partial charge in [0.25, 0.3) is 0 Å². The summed E-state index contributed by atoms with van der Waals surface area (Å²) >= 11 is 0. The van der Waals surface area contributed by atoms with E-state index in [4.69, 9.17) is 5.73 Å². The number of nitrogens with two attached hydrogens (primary N) is 1. The Morgan fingerprint density at radius 2 is 2.15 bits per heavy atom. The Bertz CT molecular complexity index is 545. The molecule has 5 nitrogen and oxygen atoms in total. The van der Waals surface area contributed by atoms with Gasteiger partial charge in [-0.2, -0.15) is 0 Å². The van der Waals surface area contributed by atoms with Crippen molar-refractivity contribution in [3.8, 4) is 0 Å². The first kappa shape index (κ1) is 15.5. The van der Waals surface area contributed by atoms with Crippen molar-refractivity contribution in [2.24, 2.45) is 11.7 Å². The minimum Gasteiger partial charge on any atom is -0.346 e. The van der Waals surface area contributed by atoms with E-state index >= 15 is 0 Å². The molecule has 20 heavy (non-hydrogen) atoms. The van der Waals surface area contributed by atoms with E-state index in [-0.39, 0.29) is 0 Å². The van der Waals surface area contributed by atoms with Crippen LogP contribution in [-0.4, -0.2) is 19.5 Å². The number of sulfonamides is 1. The highest BCUT2D eigenvalue weighted by molar-refractivity contribution is 7.89. The topological polar surface area (TPSA) is 77.1 Å². The van der Waals surface area contributed by atoms with Crippen LogP contribution < -0.4 is 10.5 Å². The summed E-state index contributed by atoms with van der Waals surface area (Å²) in [7, 11) is -3.40. The first-order valence-corrected chi connectivity index (χ1v) is 8.83. The van der Waals surface area contributed by atoms with Crippen LogP contribution in [0.25, 0.3) is 0 Å². The van der Waals surface area contributed by atoms with Crippen LogP contribution >= 0.6 is 0 Å². The molecule has 1 aliphatic carbocycles. The van der Waals surface area contributed by atoms with E-state index in [1.807, 2.05) is 4.57 Å². The molecular weight excluding hydrogens is 274 g/mol. The van der Waals surface area contributed by atoms with Crippen molar-refractivity contribution >= 4 is 10.0 Å². The predicted molar refractivity (Wildman–Crippen MR) is 79.9 cm³/mol. The summed E-state index contributed by atoms with van der Waals surface area (Å²) in [5.74, 6) is 0.597. The van der Waals surface area contributed by atoms with Crippen LogP contribution in [0.5, 0.6) is 0 Å². The summed E-state index contributed by atoms with van der Waals surface area (Å²) in [6.07, 6.45) is 5.85. The molecule has 2 rings (SSSR count). The molecule has 1 aliphatic rings. The Morgan fingerprint density at radius 1 is 1.45 bits per heavy atom. The maximum absolute atomic E-state index is 12.2. The molecular formula is C14H25N3O2S. The van der Waals surface area contributed by atoms with Crippen LogP contribution in [0.4, 0.5) is 0 Å². The standard InChI is InChI=1S/C14H25N3O2S/c1-11(2)4-3-7-16-20(18,19)14-8-13(9-15)17(10-14)12-5-6-12/h8,10-12,16H,3-7,9,15H2,1-2H3. The Labute approximate surface area is 121 Å². The predicted octanol–water partition coefficient (Wildman–Crippen LogP) is 2.00. The maximum Gasteiger partial charge on any atom is 0.242 e. The molecule has 1 heterocycles. The van der Waals surface area contributed by atoms with Crippen molar-refractivity contribution in [3.05, 3.63) is 18.0 Å². The highest BCUT2D eigenvalue weighted by Crippen LogP contribution is 2.37. The molecule has 0 aromatic carbocycles. The van der Waals surface area contributed by atoms with Gasteiger partial charge in [-0.15, -0.1) is 0 Å². The molecule has 0 unspecified atom stereocenters. The highest BCUT2D eigenvalue weighted by Gasteiger charge is 2.27. The maximum atomic E-state index is 12.2. The normalized spacial score (nSPS) is 16.0. The van der Waals surface area contributed by atoms with Gasteiger partial charge in [0.2, 0.25) is 10.0 Å². The SMILES string of the molecule is CC(C)CCCNS(=O)(=O)c1cc(CN)n(C2CC2)c1. The number of aromatic nitrogens is 1. The van der Waals surface area contributed by atoms with E-state index in [1.165, 1.54) is 0 Å². The zero-order valence-electron chi connectivity index (χ0n) is 12.3. The molecule has 1 fully saturated rings. The highest BCUT2D eigenvalue weighted by atomic mass is 32.2. The van der Waals surface area contributed by atoms with Gasteiger partial charge in [-0.05, 0) is 37.7 Å². The van der Waals surface area contributed by atoms with Crippen LogP contribution in [0.3, 0.4) is 0 Å². The van der Waals surface area contributed by atoms with E-state index in [0.717, 1.165) is 31.4 Å². The average Bonchev–Trinajstić information content (AvgIpc) is 3.13. The van der Waals surface area contributed by atoms with E-state index in [0.29, 0.717) is 29.9 Å². The summed E-state index contributed by atoms with van der Waals surface area (Å²) in [4.78, 5) is 0.342. The van der Waals surface area contributed by atoms with Crippen molar-refractivity contribution in [2.45, 2.75) is 57.0 Å². The summed E-state index contributed by atoms with van der Waals surface area (Å²) in [6, 6.07) is 2.14. The van der Waals surface area contributed by atoms with E-state index in [2.05, 4.69) is 18.6 Å². The lowest BCUT2D eigenvalue weighted by Crippen LogP contribution is -2.24. The van der Waals surface area contributed by atoms with Crippen molar-refractivity contribution in [1.82, 2.24) is 9.29 Å². The second-order valence-corrected chi connectivity index (χ2v) is 7.71. The van der Waals surface area contributed by atoms with Crippen LogP contribution in [0.15, 0.2) is 17.2 Å². The summed E-state index contributed by atoms with van der Waals surface area (Å²) in [6.45, 7) is 5.14. The molecule has 0 atom stereocenters. The van der Waals surface area contributed by atoms with Gasteiger partial charge in [-0.25, -0.2) is 13.1 Å². The molecule has 0 amide bonds. The Hall–Kier alpha value is -0.850. The molecule has 0 aliphatic heterocycles. The van der Waals surface area contributed by atoms with Gasteiger partial charge in [-0.3, -0.25) is 0 Å². The molecule has 0 radical (unpaired) electrons. The molecule has 3 N–H and O–H groups in total. The monoisotopic (exact) mass is 299 g/mol. The van der Waals surface area contributed by atoms with Gasteiger partial charge in [0, 0.05) is 31.0 Å². The molecule has 6 heteroatoms. The summed E-state index contributed by atoms with van der Waals surface area (Å²) < 4.78 is 29.2. The average molecular weight is 299 g/mol. The van der Waals surface area contributed by atoms with Crippen LogP contribution in [0, 0.1) is 5.92 Å². The van der Waals surface area contributed by atoms with Gasteiger partial charge in [0.05, 0.1) is 4.90 Å². The van der Waals surface area contributed by atoms with Crippen LogP contribution in [-0.2, 0) is 16.6 Å². The van der Waals surface area contributed by atoms with Crippen molar-refractivity contribution in [1.29, 1.82) is 0 Å². The van der Waals surface area contributed by atoms with Gasteiger partial charge in [-0.1, -0.05) is 13.8 Å². The zero-order chi connectivity index (χ0) is 14.8. The number of hydrogen-bond acceptors (Lipinski definition) is 3. The Kier molecular flexibility index (Phi) is 4.88. The van der Waals surface area contributed by atoms with Gasteiger partial charge < -0.3 is 10.3 Å². The van der Waals surface area contributed by atoms with E-state index in [1.54, 1.807) is 12.3 Å². The van der Waals surface area contributed by atoms with Gasteiger partial charge in [0.15, 0.2) is 0 Å². The first-order valence-electron chi connectivity index (χ1n) is 7.34. The number of nitrogens with one attached hydrogen (secondary N) is 1. The fraction of sp³-hybridized carbons (Fsp3) is 0.714. The minimum atomic E-state index is -3.40. The number of nitrogens with zero attached hydrogens (tertiary/aromatic N) is 1. The zero-order valence-corrected chi connectivity index (χ0v) is 13.1. The molecule has 0 bridgehead atoms. The molecule has 0 saturated heterocycles. The third-order valence-corrected chi connectivity index (χ3v) is 5.04. The minimum absolute atomic E-state index is 0.342. The van der Waals surface area contributed by atoms with Crippen LogP contribution in [0.2, 0.25) is 0 Å². The summed E-state index contributed by atoms with van der Waals surface area (Å²) in [5, 5.41) is 0. The van der Waals surface area contributed by atoms with Crippen molar-refractivity contribution in [3.63, 3.8) is 0 Å². The largest absolute Gasteiger partial charge is 0.346 e. The fourth-order valence-electron chi connectivity index (χ4n) is 2.30. The third kappa shape index (κ3) is 3.84. The van der Waals surface area contributed by atoms with Crippen molar-refractivity contribution < 1.29 is 8.42 Å². The van der Waals surface area contributed by atoms with Crippen LogP contribution in [0.1, 0.15) is 51.3 Å². The number of rotatable bonds is 8. The second kappa shape index (κ2) is 6.28. The second-order valence-electron chi connectivity index (χ2n) is 5.94. The molecule has 114 valence electrons. The lowest BCUT2D eigenvalue weighted by molar-refractivity contribution is 0.539. The number of hydrogen-bond donors (Lipinski definition) is 2.